The normalized spacial score (nSPS) is 23.8. The lowest BCUT2D eigenvalue weighted by Crippen LogP contribution is -2.49. The maximum Gasteiger partial charge on any atom is 0.411 e. The third kappa shape index (κ3) is 3.72. The summed E-state index contributed by atoms with van der Waals surface area (Å²) in [6, 6.07) is -0.362. The summed E-state index contributed by atoms with van der Waals surface area (Å²) < 4.78 is 5.36. The van der Waals surface area contributed by atoms with Crippen LogP contribution < -0.4 is 0 Å². The van der Waals surface area contributed by atoms with Gasteiger partial charge in [-0.1, -0.05) is 0 Å². The van der Waals surface area contributed by atoms with Crippen LogP contribution in [-0.2, 0) is 9.53 Å². The molecule has 0 aliphatic carbocycles. The molecule has 0 spiro atoms. The van der Waals surface area contributed by atoms with Crippen molar-refractivity contribution < 1.29 is 14.3 Å². The van der Waals surface area contributed by atoms with E-state index in [1.807, 2.05) is 25.7 Å². The first-order valence-corrected chi connectivity index (χ1v) is 8.63. The van der Waals surface area contributed by atoms with E-state index < -0.39 is 5.60 Å². The largest absolute Gasteiger partial charge is 0.444 e. The fourth-order valence-corrected chi connectivity index (χ4v) is 4.03. The van der Waals surface area contributed by atoms with E-state index >= 15 is 0 Å². The number of hydrogen-bond donors (Lipinski definition) is 0. The first-order valence-electron chi connectivity index (χ1n) is 6.32. The standard InChI is InChI=1S/C12H20N2O3S2/c1-12(2,3)17-11(16)14-8-19-6-9(14)10(15)13-4-5-18-7-13/h9H,4-8H2,1-3H3. The molecule has 2 aliphatic heterocycles. The SMILES string of the molecule is CC(C)(C)OC(=O)N1CSCC1C(=O)N1CCSC1. The van der Waals surface area contributed by atoms with Crippen LogP contribution in [0.5, 0.6) is 0 Å². The second-order valence-electron chi connectivity index (χ2n) is 5.60. The zero-order valence-electron chi connectivity index (χ0n) is 11.5. The fraction of sp³-hybridized carbons (Fsp3) is 0.833. The van der Waals surface area contributed by atoms with Crippen molar-refractivity contribution in [1.82, 2.24) is 9.80 Å². The van der Waals surface area contributed by atoms with Crippen molar-refractivity contribution in [3.05, 3.63) is 0 Å². The van der Waals surface area contributed by atoms with E-state index in [9.17, 15) is 9.59 Å². The molecule has 0 N–H and O–H groups in total. The summed E-state index contributed by atoms with van der Waals surface area (Å²) in [5.74, 6) is 2.98. The van der Waals surface area contributed by atoms with Gasteiger partial charge in [-0.05, 0) is 20.8 Å². The van der Waals surface area contributed by atoms with Gasteiger partial charge in [-0.3, -0.25) is 9.69 Å². The summed E-state index contributed by atoms with van der Waals surface area (Å²) in [5, 5.41) is 0. The van der Waals surface area contributed by atoms with Crippen molar-refractivity contribution in [1.29, 1.82) is 0 Å². The van der Waals surface area contributed by atoms with Crippen LogP contribution >= 0.6 is 23.5 Å². The zero-order valence-corrected chi connectivity index (χ0v) is 13.2. The number of thioether (sulfide) groups is 2. The lowest BCUT2D eigenvalue weighted by Gasteiger charge is -2.29. The van der Waals surface area contributed by atoms with Crippen LogP contribution in [0.4, 0.5) is 4.79 Å². The highest BCUT2D eigenvalue weighted by atomic mass is 32.2. The first kappa shape index (κ1) is 14.8. The van der Waals surface area contributed by atoms with E-state index in [4.69, 9.17) is 4.74 Å². The van der Waals surface area contributed by atoms with Crippen molar-refractivity contribution in [3.8, 4) is 0 Å². The molecule has 0 aromatic carbocycles. The molecule has 2 saturated heterocycles. The van der Waals surface area contributed by atoms with Crippen molar-refractivity contribution in [2.75, 3.05) is 29.8 Å². The van der Waals surface area contributed by atoms with Crippen LogP contribution in [0, 0.1) is 0 Å². The topological polar surface area (TPSA) is 49.9 Å². The predicted molar refractivity (Wildman–Crippen MR) is 78.2 cm³/mol. The summed E-state index contributed by atoms with van der Waals surface area (Å²) in [4.78, 5) is 27.9. The molecule has 5 nitrogen and oxygen atoms in total. The Hall–Kier alpha value is -0.560. The average molecular weight is 304 g/mol. The summed E-state index contributed by atoms with van der Waals surface area (Å²) in [6.07, 6.45) is -0.386. The lowest BCUT2D eigenvalue weighted by molar-refractivity contribution is -0.134. The number of nitrogens with zero attached hydrogens (tertiary/aromatic N) is 2. The Morgan fingerprint density at radius 2 is 1.95 bits per heavy atom. The number of carbonyl (C=O) groups excluding carboxylic acids is 2. The fourth-order valence-electron chi connectivity index (χ4n) is 1.95. The highest BCUT2D eigenvalue weighted by Crippen LogP contribution is 2.26. The van der Waals surface area contributed by atoms with Gasteiger partial charge in [0.05, 0.1) is 11.8 Å². The van der Waals surface area contributed by atoms with E-state index in [1.54, 1.807) is 28.4 Å². The van der Waals surface area contributed by atoms with Crippen LogP contribution in [0.25, 0.3) is 0 Å². The van der Waals surface area contributed by atoms with Crippen LogP contribution in [0.2, 0.25) is 0 Å². The predicted octanol–water partition coefficient (Wildman–Crippen LogP) is 1.83. The van der Waals surface area contributed by atoms with Gasteiger partial charge in [0.15, 0.2) is 0 Å². The molecule has 0 saturated carbocycles. The number of hydrogen-bond acceptors (Lipinski definition) is 5. The van der Waals surface area contributed by atoms with Gasteiger partial charge in [0, 0.05) is 18.1 Å². The number of carbonyl (C=O) groups is 2. The van der Waals surface area contributed by atoms with Crippen LogP contribution in [0.1, 0.15) is 20.8 Å². The molecule has 0 radical (unpaired) electrons. The van der Waals surface area contributed by atoms with Gasteiger partial charge in [-0.2, -0.15) is 0 Å². The van der Waals surface area contributed by atoms with E-state index in [2.05, 4.69) is 0 Å². The summed E-state index contributed by atoms with van der Waals surface area (Å²) >= 11 is 3.36. The lowest BCUT2D eigenvalue weighted by atomic mass is 10.2. The molecule has 108 valence electrons. The second-order valence-corrected chi connectivity index (χ2v) is 7.68. The van der Waals surface area contributed by atoms with E-state index in [-0.39, 0.29) is 18.0 Å². The first-order chi connectivity index (χ1) is 8.88. The smallest absolute Gasteiger partial charge is 0.411 e. The third-order valence-corrected chi connectivity index (χ3v) is 4.84. The summed E-state index contributed by atoms with van der Waals surface area (Å²) in [7, 11) is 0. The van der Waals surface area contributed by atoms with E-state index in [1.165, 1.54) is 0 Å². The Balaban J connectivity index is 2.00. The number of ether oxygens (including phenoxy) is 1. The van der Waals surface area contributed by atoms with E-state index in [0.29, 0.717) is 11.6 Å². The Morgan fingerprint density at radius 3 is 2.53 bits per heavy atom. The van der Waals surface area contributed by atoms with Gasteiger partial charge in [-0.25, -0.2) is 4.79 Å². The van der Waals surface area contributed by atoms with Crippen molar-refractivity contribution in [2.24, 2.45) is 0 Å². The molecule has 2 aliphatic rings. The van der Waals surface area contributed by atoms with Crippen molar-refractivity contribution in [2.45, 2.75) is 32.4 Å². The van der Waals surface area contributed by atoms with Gasteiger partial charge in [0.2, 0.25) is 5.91 Å². The molecular weight excluding hydrogens is 284 g/mol. The molecule has 2 rings (SSSR count). The quantitative estimate of drug-likeness (QED) is 0.740. The minimum atomic E-state index is -0.526. The molecular formula is C12H20N2O3S2. The molecule has 19 heavy (non-hydrogen) atoms. The van der Waals surface area contributed by atoms with Crippen LogP contribution in [-0.4, -0.2) is 63.2 Å². The van der Waals surface area contributed by atoms with Crippen LogP contribution in [0.15, 0.2) is 0 Å². The molecule has 1 unspecified atom stereocenters. The van der Waals surface area contributed by atoms with Gasteiger partial charge in [0.25, 0.3) is 0 Å². The Labute approximate surface area is 122 Å². The monoisotopic (exact) mass is 304 g/mol. The highest BCUT2D eigenvalue weighted by molar-refractivity contribution is 7.99. The van der Waals surface area contributed by atoms with Crippen molar-refractivity contribution in [3.63, 3.8) is 0 Å². The molecule has 0 aromatic rings. The Kier molecular flexibility index (Phi) is 4.55. The average Bonchev–Trinajstić information content (AvgIpc) is 2.97. The van der Waals surface area contributed by atoms with Crippen molar-refractivity contribution >= 4 is 35.5 Å². The zero-order chi connectivity index (χ0) is 14.0. The minimum absolute atomic E-state index is 0.0564. The highest BCUT2D eigenvalue weighted by Gasteiger charge is 2.39. The Morgan fingerprint density at radius 1 is 1.21 bits per heavy atom. The number of rotatable bonds is 1. The second kappa shape index (κ2) is 5.83. The Bertz CT molecular complexity index is 364. The molecule has 2 heterocycles. The maximum atomic E-state index is 12.4. The summed E-state index contributed by atoms with van der Waals surface area (Å²) in [5.41, 5.74) is -0.526. The van der Waals surface area contributed by atoms with E-state index in [0.717, 1.165) is 18.2 Å². The minimum Gasteiger partial charge on any atom is -0.444 e. The van der Waals surface area contributed by atoms with Gasteiger partial charge in [-0.15, -0.1) is 23.5 Å². The molecule has 7 heteroatoms. The molecule has 1 atom stereocenters. The van der Waals surface area contributed by atoms with Gasteiger partial charge < -0.3 is 9.64 Å². The number of amides is 2. The summed E-state index contributed by atoms with van der Waals surface area (Å²) in [6.45, 7) is 6.29. The molecule has 0 bridgehead atoms. The molecule has 2 amide bonds. The van der Waals surface area contributed by atoms with Gasteiger partial charge >= 0.3 is 6.09 Å². The molecule has 2 fully saturated rings. The molecule has 0 aromatic heterocycles. The third-order valence-electron chi connectivity index (χ3n) is 2.86. The maximum absolute atomic E-state index is 12.4. The van der Waals surface area contributed by atoms with Gasteiger partial charge in [0.1, 0.15) is 11.6 Å². The van der Waals surface area contributed by atoms with Crippen LogP contribution in [0.3, 0.4) is 0 Å².